The Morgan fingerprint density at radius 2 is 1.93 bits per heavy atom. The maximum Gasteiger partial charge on any atom is 0.217 e. The van der Waals surface area contributed by atoms with Gasteiger partial charge in [-0.25, -0.2) is 0 Å². The Morgan fingerprint density at radius 3 is 2.40 bits per heavy atom. The van der Waals surface area contributed by atoms with Gasteiger partial charge in [0.15, 0.2) is 0 Å². The molecule has 0 aliphatic rings. The molecule has 15 heavy (non-hydrogen) atoms. The number of benzene rings is 1. The number of hydrogen-bond acceptors (Lipinski definition) is 2. The third-order valence-corrected chi connectivity index (χ3v) is 2.74. The second kappa shape index (κ2) is 5.49. The summed E-state index contributed by atoms with van der Waals surface area (Å²) in [7, 11) is 0. The summed E-state index contributed by atoms with van der Waals surface area (Å²) in [5.41, 5.74) is 1.07. The van der Waals surface area contributed by atoms with Crippen LogP contribution >= 0.6 is 0 Å². The van der Waals surface area contributed by atoms with Crippen LogP contribution in [0.2, 0.25) is 0 Å². The molecule has 2 atom stereocenters. The molecule has 0 radical (unpaired) electrons. The maximum absolute atomic E-state index is 10.8. The Balaban J connectivity index is 2.87. The third kappa shape index (κ3) is 3.05. The van der Waals surface area contributed by atoms with Crippen molar-refractivity contribution in [1.82, 2.24) is 0 Å². The van der Waals surface area contributed by atoms with E-state index in [4.69, 9.17) is 0 Å². The molecule has 0 aliphatic heterocycles. The second-order valence-corrected chi connectivity index (χ2v) is 3.83. The molecule has 3 heteroatoms. The van der Waals surface area contributed by atoms with Crippen molar-refractivity contribution in [2.24, 2.45) is 0 Å². The van der Waals surface area contributed by atoms with Crippen LogP contribution in [0.15, 0.2) is 30.3 Å². The fourth-order valence-corrected chi connectivity index (χ4v) is 1.84. The summed E-state index contributed by atoms with van der Waals surface area (Å²) in [4.78, 5) is 10.6. The van der Waals surface area contributed by atoms with Gasteiger partial charge in [-0.3, -0.25) is 10.1 Å². The van der Waals surface area contributed by atoms with Gasteiger partial charge in [0.25, 0.3) is 0 Å². The van der Waals surface area contributed by atoms with E-state index >= 15 is 0 Å². The highest BCUT2D eigenvalue weighted by Gasteiger charge is 2.26. The van der Waals surface area contributed by atoms with Gasteiger partial charge in [0, 0.05) is 11.8 Å². The Labute approximate surface area is 90.3 Å². The minimum atomic E-state index is -0.507. The van der Waals surface area contributed by atoms with Crippen molar-refractivity contribution in [2.45, 2.75) is 38.6 Å². The summed E-state index contributed by atoms with van der Waals surface area (Å²) in [5, 5.41) is 10.8. The van der Waals surface area contributed by atoms with E-state index < -0.39 is 6.04 Å². The molecule has 0 fully saturated rings. The molecule has 0 unspecified atom stereocenters. The van der Waals surface area contributed by atoms with E-state index in [1.165, 1.54) is 0 Å². The summed E-state index contributed by atoms with van der Waals surface area (Å²) in [6, 6.07) is 9.24. The van der Waals surface area contributed by atoms with E-state index in [1.54, 1.807) is 6.92 Å². The van der Waals surface area contributed by atoms with Gasteiger partial charge in [-0.2, -0.15) is 0 Å². The largest absolute Gasteiger partial charge is 0.264 e. The van der Waals surface area contributed by atoms with Gasteiger partial charge in [-0.1, -0.05) is 43.7 Å². The first-order chi connectivity index (χ1) is 7.16. The Morgan fingerprint density at radius 1 is 1.33 bits per heavy atom. The van der Waals surface area contributed by atoms with E-state index in [2.05, 4.69) is 6.92 Å². The van der Waals surface area contributed by atoms with Crippen molar-refractivity contribution in [3.8, 4) is 0 Å². The van der Waals surface area contributed by atoms with E-state index in [9.17, 15) is 10.1 Å². The van der Waals surface area contributed by atoms with E-state index in [0.29, 0.717) is 0 Å². The van der Waals surface area contributed by atoms with Gasteiger partial charge < -0.3 is 0 Å². The number of rotatable bonds is 5. The molecule has 0 heterocycles. The first-order valence-electron chi connectivity index (χ1n) is 5.35. The van der Waals surface area contributed by atoms with Gasteiger partial charge in [-0.05, 0) is 12.0 Å². The lowest BCUT2D eigenvalue weighted by Crippen LogP contribution is -2.24. The third-order valence-electron chi connectivity index (χ3n) is 2.74. The number of nitro groups is 1. The quantitative estimate of drug-likeness (QED) is 0.549. The topological polar surface area (TPSA) is 43.1 Å². The lowest BCUT2D eigenvalue weighted by molar-refractivity contribution is -0.522. The monoisotopic (exact) mass is 207 g/mol. The van der Waals surface area contributed by atoms with Crippen LogP contribution in [0.5, 0.6) is 0 Å². The highest BCUT2D eigenvalue weighted by Crippen LogP contribution is 2.26. The average molecular weight is 207 g/mol. The lowest BCUT2D eigenvalue weighted by atomic mass is 9.89. The predicted molar refractivity (Wildman–Crippen MR) is 60.5 cm³/mol. The summed E-state index contributed by atoms with van der Waals surface area (Å²) >= 11 is 0. The van der Waals surface area contributed by atoms with Crippen molar-refractivity contribution >= 4 is 0 Å². The Bertz CT molecular complexity index is 311. The molecule has 3 nitrogen and oxygen atoms in total. The zero-order valence-electron chi connectivity index (χ0n) is 9.22. The van der Waals surface area contributed by atoms with Crippen molar-refractivity contribution in [1.29, 1.82) is 0 Å². The van der Waals surface area contributed by atoms with E-state index in [0.717, 1.165) is 18.4 Å². The van der Waals surface area contributed by atoms with E-state index in [1.807, 2.05) is 30.3 Å². The molecular formula is C12H17NO2. The van der Waals surface area contributed by atoms with Crippen LogP contribution in [0, 0.1) is 10.1 Å². The molecule has 0 spiro atoms. The fraction of sp³-hybridized carbons (Fsp3) is 0.500. The van der Waals surface area contributed by atoms with Gasteiger partial charge >= 0.3 is 0 Å². The Kier molecular flexibility index (Phi) is 4.28. The average Bonchev–Trinajstić information content (AvgIpc) is 2.26. The number of nitrogens with zero attached hydrogens (tertiary/aromatic N) is 1. The molecule has 1 rings (SSSR count). The summed E-state index contributed by atoms with van der Waals surface area (Å²) < 4.78 is 0. The maximum atomic E-state index is 10.8. The van der Waals surface area contributed by atoms with Crippen molar-refractivity contribution < 1.29 is 4.92 Å². The first-order valence-corrected chi connectivity index (χ1v) is 5.35. The molecule has 0 amide bonds. The second-order valence-electron chi connectivity index (χ2n) is 3.83. The Hall–Kier alpha value is -1.38. The van der Waals surface area contributed by atoms with Gasteiger partial charge in [0.1, 0.15) is 0 Å². The SMILES string of the molecule is CCC[C@@H](c1ccccc1)[C@@H](C)[N+](=O)[O-]. The first kappa shape index (κ1) is 11.7. The lowest BCUT2D eigenvalue weighted by Gasteiger charge is -2.17. The molecule has 1 aromatic rings. The van der Waals surface area contributed by atoms with Crippen LogP contribution < -0.4 is 0 Å². The summed E-state index contributed by atoms with van der Waals surface area (Å²) in [6.45, 7) is 3.75. The molecule has 82 valence electrons. The van der Waals surface area contributed by atoms with Crippen LogP contribution in [-0.2, 0) is 0 Å². The molecule has 0 aromatic heterocycles. The minimum absolute atomic E-state index is 0.0335. The molecule has 1 aromatic carbocycles. The molecule has 0 N–H and O–H groups in total. The molecule has 0 saturated heterocycles. The van der Waals surface area contributed by atoms with Crippen LogP contribution in [0.1, 0.15) is 38.2 Å². The van der Waals surface area contributed by atoms with Crippen LogP contribution in [0.3, 0.4) is 0 Å². The summed E-state index contributed by atoms with van der Waals surface area (Å²) in [6.07, 6.45) is 1.84. The van der Waals surface area contributed by atoms with Gasteiger partial charge in [0.2, 0.25) is 6.04 Å². The van der Waals surface area contributed by atoms with Crippen molar-refractivity contribution in [3.05, 3.63) is 46.0 Å². The fourth-order valence-electron chi connectivity index (χ4n) is 1.84. The molecule has 0 bridgehead atoms. The zero-order chi connectivity index (χ0) is 11.3. The highest BCUT2D eigenvalue weighted by molar-refractivity contribution is 5.20. The van der Waals surface area contributed by atoms with Crippen molar-refractivity contribution in [3.63, 3.8) is 0 Å². The molecular weight excluding hydrogens is 190 g/mol. The normalized spacial score (nSPS) is 14.5. The highest BCUT2D eigenvalue weighted by atomic mass is 16.6. The minimum Gasteiger partial charge on any atom is -0.264 e. The summed E-state index contributed by atoms with van der Waals surface area (Å²) in [5.74, 6) is 0.0335. The van der Waals surface area contributed by atoms with E-state index in [-0.39, 0.29) is 10.8 Å². The molecule has 0 saturated carbocycles. The van der Waals surface area contributed by atoms with Crippen molar-refractivity contribution in [2.75, 3.05) is 0 Å². The van der Waals surface area contributed by atoms with Gasteiger partial charge in [0.05, 0.1) is 5.92 Å². The van der Waals surface area contributed by atoms with Crippen LogP contribution in [0.4, 0.5) is 0 Å². The van der Waals surface area contributed by atoms with Crippen LogP contribution in [0.25, 0.3) is 0 Å². The predicted octanol–water partition coefficient (Wildman–Crippen LogP) is 3.24. The number of hydrogen-bond donors (Lipinski definition) is 0. The smallest absolute Gasteiger partial charge is 0.217 e. The molecule has 0 aliphatic carbocycles. The standard InChI is InChI=1S/C12H17NO2/c1-3-7-12(10(2)13(14)15)11-8-5-4-6-9-11/h4-6,8-10,12H,3,7H2,1-2H3/t10-,12-/m1/s1. The van der Waals surface area contributed by atoms with Gasteiger partial charge in [-0.15, -0.1) is 0 Å². The zero-order valence-corrected chi connectivity index (χ0v) is 9.22. The van der Waals surface area contributed by atoms with Crippen LogP contribution in [-0.4, -0.2) is 11.0 Å².